The molecule has 1 heterocycles. The number of amides is 2. The van der Waals surface area contributed by atoms with Crippen molar-refractivity contribution in [3.63, 3.8) is 0 Å². The zero-order chi connectivity index (χ0) is 22.9. The summed E-state index contributed by atoms with van der Waals surface area (Å²) in [5.41, 5.74) is 2.67. The van der Waals surface area contributed by atoms with Gasteiger partial charge in [0.2, 0.25) is 11.8 Å². The number of imide groups is 1. The number of carbonyl (C=O) groups excluding carboxylic acids is 4. The Bertz CT molecular complexity index is 1220. The standard InChI is InChI=1S/C24H20BrNO6/c1-9-5-16(27)14-8-13-11(3-4-12-19(13)24(31)26-23(12)30)18(20(14)21(9)28)10-6-15(25)22(29)17(7-10)32-2/h3,5-7,12-13,18-19,29H,4,8H2,1-2H3,(H,26,30,31). The van der Waals surface area contributed by atoms with E-state index in [4.69, 9.17) is 4.74 Å². The molecule has 4 unspecified atom stereocenters. The molecule has 1 aromatic carbocycles. The van der Waals surface area contributed by atoms with Crippen molar-refractivity contribution in [2.24, 2.45) is 17.8 Å². The Hall–Kier alpha value is -3.00. The molecule has 8 heteroatoms. The van der Waals surface area contributed by atoms with E-state index in [9.17, 15) is 24.3 Å². The van der Waals surface area contributed by atoms with Gasteiger partial charge in [-0.05, 0) is 65.4 Å². The van der Waals surface area contributed by atoms with Crippen molar-refractivity contribution in [1.82, 2.24) is 5.32 Å². The molecule has 4 aliphatic rings. The van der Waals surface area contributed by atoms with E-state index < -0.39 is 17.8 Å². The number of allylic oxidation sites excluding steroid dienone is 6. The molecule has 0 saturated carbocycles. The molecule has 1 aromatic rings. The second-order valence-corrected chi connectivity index (χ2v) is 9.49. The Balaban J connectivity index is 1.75. The lowest BCUT2D eigenvalue weighted by atomic mass is 9.59. The summed E-state index contributed by atoms with van der Waals surface area (Å²) in [6.07, 6.45) is 3.92. The molecular formula is C24H20BrNO6. The van der Waals surface area contributed by atoms with E-state index in [-0.39, 0.29) is 47.2 Å². The quantitative estimate of drug-likeness (QED) is 0.369. The molecule has 5 rings (SSSR count). The Morgan fingerprint density at radius 3 is 2.59 bits per heavy atom. The topological polar surface area (TPSA) is 110 Å². The van der Waals surface area contributed by atoms with Crippen LogP contribution in [-0.4, -0.2) is 35.6 Å². The molecule has 2 N–H and O–H groups in total. The van der Waals surface area contributed by atoms with Gasteiger partial charge in [0.25, 0.3) is 0 Å². The highest BCUT2D eigenvalue weighted by Gasteiger charge is 2.53. The molecule has 0 radical (unpaired) electrons. The van der Waals surface area contributed by atoms with Gasteiger partial charge in [0.1, 0.15) is 0 Å². The molecule has 1 aliphatic heterocycles. The summed E-state index contributed by atoms with van der Waals surface area (Å²) < 4.78 is 5.70. The smallest absolute Gasteiger partial charge is 0.231 e. The first-order valence-electron chi connectivity index (χ1n) is 10.3. The van der Waals surface area contributed by atoms with Crippen LogP contribution in [0.15, 0.2) is 51.0 Å². The highest BCUT2D eigenvalue weighted by atomic mass is 79.9. The minimum Gasteiger partial charge on any atom is -0.503 e. The third-order valence-electron chi connectivity index (χ3n) is 7.01. The van der Waals surface area contributed by atoms with E-state index in [1.54, 1.807) is 19.1 Å². The summed E-state index contributed by atoms with van der Waals surface area (Å²) in [6, 6.07) is 3.35. The number of aromatic hydroxyl groups is 1. The third kappa shape index (κ3) is 2.85. The van der Waals surface area contributed by atoms with Gasteiger partial charge in [0, 0.05) is 22.6 Å². The van der Waals surface area contributed by atoms with Crippen LogP contribution in [0.25, 0.3) is 0 Å². The van der Waals surface area contributed by atoms with Crippen LogP contribution in [0.1, 0.15) is 31.2 Å². The van der Waals surface area contributed by atoms with Crippen molar-refractivity contribution in [1.29, 1.82) is 0 Å². The Kier molecular flexibility index (Phi) is 4.74. The fraction of sp³-hybridized carbons (Fsp3) is 0.333. The summed E-state index contributed by atoms with van der Waals surface area (Å²) in [6.45, 7) is 1.62. The van der Waals surface area contributed by atoms with Crippen LogP contribution in [-0.2, 0) is 19.2 Å². The average Bonchev–Trinajstić information content (AvgIpc) is 3.06. The fourth-order valence-corrected chi connectivity index (χ4v) is 6.03. The molecule has 1 fully saturated rings. The predicted molar refractivity (Wildman–Crippen MR) is 117 cm³/mol. The lowest BCUT2D eigenvalue weighted by Crippen LogP contribution is -2.39. The molecule has 2 amide bonds. The summed E-state index contributed by atoms with van der Waals surface area (Å²) in [5.74, 6) is -2.90. The molecular weight excluding hydrogens is 478 g/mol. The van der Waals surface area contributed by atoms with Crippen LogP contribution in [0.3, 0.4) is 0 Å². The van der Waals surface area contributed by atoms with Gasteiger partial charge >= 0.3 is 0 Å². The second-order valence-electron chi connectivity index (χ2n) is 8.64. The Labute approximate surface area is 192 Å². The highest BCUT2D eigenvalue weighted by molar-refractivity contribution is 9.10. The normalized spacial score (nSPS) is 29.1. The first kappa shape index (κ1) is 20.9. The van der Waals surface area contributed by atoms with Gasteiger partial charge in [-0.1, -0.05) is 11.6 Å². The van der Waals surface area contributed by atoms with Gasteiger partial charge in [-0.2, -0.15) is 0 Å². The van der Waals surface area contributed by atoms with Gasteiger partial charge in [-0.3, -0.25) is 24.5 Å². The fourth-order valence-electron chi connectivity index (χ4n) is 5.57. The van der Waals surface area contributed by atoms with Crippen molar-refractivity contribution < 1.29 is 29.0 Å². The highest BCUT2D eigenvalue weighted by Crippen LogP contribution is 2.55. The summed E-state index contributed by atoms with van der Waals surface area (Å²) in [7, 11) is 1.43. The van der Waals surface area contributed by atoms with Gasteiger partial charge in [-0.15, -0.1) is 0 Å². The monoisotopic (exact) mass is 497 g/mol. The summed E-state index contributed by atoms with van der Waals surface area (Å²) in [5, 5.41) is 12.7. The summed E-state index contributed by atoms with van der Waals surface area (Å²) in [4.78, 5) is 51.2. The van der Waals surface area contributed by atoms with Gasteiger partial charge in [-0.25, -0.2) is 0 Å². The van der Waals surface area contributed by atoms with Crippen LogP contribution in [0.4, 0.5) is 0 Å². The maximum atomic E-state index is 13.3. The second kappa shape index (κ2) is 7.27. The molecule has 0 bridgehead atoms. The van der Waals surface area contributed by atoms with E-state index >= 15 is 0 Å². The molecule has 32 heavy (non-hydrogen) atoms. The van der Waals surface area contributed by atoms with E-state index in [0.29, 0.717) is 33.2 Å². The van der Waals surface area contributed by atoms with Crippen molar-refractivity contribution in [2.75, 3.05) is 7.11 Å². The van der Waals surface area contributed by atoms with Crippen molar-refractivity contribution >= 4 is 39.3 Å². The van der Waals surface area contributed by atoms with Gasteiger partial charge in [0.15, 0.2) is 23.1 Å². The minimum absolute atomic E-state index is 0.0709. The van der Waals surface area contributed by atoms with Crippen LogP contribution in [0, 0.1) is 17.8 Å². The van der Waals surface area contributed by atoms with Crippen molar-refractivity contribution in [3.05, 3.63) is 56.6 Å². The predicted octanol–water partition coefficient (Wildman–Crippen LogP) is 2.88. The Morgan fingerprint density at radius 1 is 1.12 bits per heavy atom. The zero-order valence-corrected chi connectivity index (χ0v) is 19.0. The number of halogens is 1. The SMILES string of the molecule is COc1cc(C2C3=CCC4C(=O)NC(=O)C4C3CC3=C2C(=O)C(C)=CC3=O)cc(Br)c1O. The number of ketones is 2. The van der Waals surface area contributed by atoms with Crippen LogP contribution < -0.4 is 10.1 Å². The number of hydrogen-bond donors (Lipinski definition) is 2. The largest absolute Gasteiger partial charge is 0.503 e. The number of phenols is 1. The third-order valence-corrected chi connectivity index (χ3v) is 7.62. The number of benzene rings is 1. The van der Waals surface area contributed by atoms with E-state index in [0.717, 1.165) is 5.57 Å². The summed E-state index contributed by atoms with van der Waals surface area (Å²) >= 11 is 3.34. The number of methoxy groups -OCH3 is 1. The van der Waals surface area contributed by atoms with Gasteiger partial charge in [0.05, 0.1) is 23.4 Å². The lowest BCUT2D eigenvalue weighted by molar-refractivity contribution is -0.126. The van der Waals surface area contributed by atoms with E-state index in [1.807, 2.05) is 6.08 Å². The van der Waals surface area contributed by atoms with Crippen LogP contribution >= 0.6 is 15.9 Å². The number of phenolic OH excluding ortho intramolecular Hbond substituents is 1. The van der Waals surface area contributed by atoms with Crippen molar-refractivity contribution in [2.45, 2.75) is 25.7 Å². The first-order valence-corrected chi connectivity index (χ1v) is 11.1. The zero-order valence-electron chi connectivity index (χ0n) is 17.4. The molecule has 4 atom stereocenters. The number of ether oxygens (including phenoxy) is 1. The maximum Gasteiger partial charge on any atom is 0.231 e. The van der Waals surface area contributed by atoms with Gasteiger partial charge < -0.3 is 9.84 Å². The number of Topliss-reactive ketones (excluding diaryl/α,β-unsaturated/α-hetero) is 1. The average molecular weight is 498 g/mol. The molecule has 0 aromatic heterocycles. The molecule has 0 spiro atoms. The van der Waals surface area contributed by atoms with Crippen LogP contribution in [0.5, 0.6) is 11.5 Å². The lowest BCUT2D eigenvalue weighted by Gasteiger charge is -2.42. The molecule has 3 aliphatic carbocycles. The number of carbonyl (C=O) groups is 4. The van der Waals surface area contributed by atoms with E-state index in [2.05, 4.69) is 21.2 Å². The number of hydrogen-bond acceptors (Lipinski definition) is 6. The molecule has 1 saturated heterocycles. The maximum absolute atomic E-state index is 13.3. The minimum atomic E-state index is -0.584. The first-order chi connectivity index (χ1) is 15.2. The van der Waals surface area contributed by atoms with Crippen LogP contribution in [0.2, 0.25) is 0 Å². The van der Waals surface area contributed by atoms with Crippen molar-refractivity contribution in [3.8, 4) is 11.5 Å². The number of rotatable bonds is 2. The Morgan fingerprint density at radius 2 is 1.88 bits per heavy atom. The molecule has 164 valence electrons. The van der Waals surface area contributed by atoms with E-state index in [1.165, 1.54) is 13.2 Å². The number of nitrogens with one attached hydrogen (secondary N) is 1. The molecule has 7 nitrogen and oxygen atoms in total. The number of fused-ring (bicyclic) bond motifs is 3.